The number of hydrogen-bond donors (Lipinski definition) is 7. The van der Waals surface area contributed by atoms with E-state index in [0.29, 0.717) is 38.9 Å². The van der Waals surface area contributed by atoms with Gasteiger partial charge in [0.15, 0.2) is 11.6 Å². The van der Waals surface area contributed by atoms with E-state index in [1.807, 2.05) is 0 Å². The van der Waals surface area contributed by atoms with Gasteiger partial charge in [-0.15, -0.1) is 0 Å². The van der Waals surface area contributed by atoms with Gasteiger partial charge < -0.3 is 44.7 Å². The Morgan fingerprint density at radius 1 is 1.14 bits per heavy atom. The van der Waals surface area contributed by atoms with Crippen molar-refractivity contribution < 1.29 is 43.5 Å². The van der Waals surface area contributed by atoms with Crippen molar-refractivity contribution in [2.75, 3.05) is 32.8 Å². The van der Waals surface area contributed by atoms with Crippen molar-refractivity contribution in [1.82, 2.24) is 26.0 Å². The summed E-state index contributed by atoms with van der Waals surface area (Å²) in [4.78, 5) is 29.2. The van der Waals surface area contributed by atoms with Crippen molar-refractivity contribution in [1.29, 1.82) is 0 Å². The molecule has 0 aliphatic carbocycles. The van der Waals surface area contributed by atoms with E-state index < -0.39 is 37.6 Å². The number of allylic oxidation sites excluding steroid dienone is 1. The summed E-state index contributed by atoms with van der Waals surface area (Å²) >= 11 is 0. The Balaban J connectivity index is 0.00000583. The Morgan fingerprint density at radius 2 is 1.90 bits per heavy atom. The first-order valence-corrected chi connectivity index (χ1v) is 19.1. The largest absolute Gasteiger partial charge is 0.465 e. The summed E-state index contributed by atoms with van der Waals surface area (Å²) in [6.07, 6.45) is 12.4. The highest BCUT2D eigenvalue weighted by Crippen LogP contribution is 2.45. The molecule has 0 aromatic carbocycles. The first-order chi connectivity index (χ1) is 23.9. The second-order valence-corrected chi connectivity index (χ2v) is 15.0. The Hall–Kier alpha value is -2.20. The number of nitrogens with zero attached hydrogens (tertiary/aromatic N) is 2. The minimum Gasteiger partial charge on any atom is -0.465 e. The third-order valence-electron chi connectivity index (χ3n) is 10.9. The van der Waals surface area contributed by atoms with Gasteiger partial charge in [-0.1, -0.05) is 26.5 Å². The molecule has 14 nitrogen and oxygen atoms in total. The molecule has 5 heterocycles. The van der Waals surface area contributed by atoms with Gasteiger partial charge in [-0.2, -0.15) is 0 Å². The number of aliphatic hydroxyl groups is 1. The van der Waals surface area contributed by atoms with Crippen molar-refractivity contribution in [3.63, 3.8) is 0 Å². The number of amides is 1. The Morgan fingerprint density at radius 3 is 2.63 bits per heavy atom. The van der Waals surface area contributed by atoms with E-state index in [0.717, 1.165) is 57.3 Å². The highest BCUT2D eigenvalue weighted by atomic mass is 16.6. The maximum atomic E-state index is 14.2. The van der Waals surface area contributed by atoms with Crippen LogP contribution in [0.5, 0.6) is 0 Å². The van der Waals surface area contributed by atoms with Crippen molar-refractivity contribution in [2.45, 2.75) is 154 Å². The minimum absolute atomic E-state index is 0. The highest BCUT2D eigenvalue weighted by Gasteiger charge is 2.64. The van der Waals surface area contributed by atoms with E-state index in [2.05, 4.69) is 51.7 Å². The Bertz CT molecular complexity index is 1230. The lowest BCUT2D eigenvalue weighted by Gasteiger charge is -2.50. The fourth-order valence-corrected chi connectivity index (χ4v) is 8.59. The Labute approximate surface area is 305 Å². The van der Waals surface area contributed by atoms with Crippen LogP contribution in [0.4, 0.5) is 0 Å². The predicted molar refractivity (Wildman–Crippen MR) is 198 cm³/mol. The van der Waals surface area contributed by atoms with Crippen LogP contribution in [0.3, 0.4) is 0 Å². The molecule has 0 bridgehead atoms. The molecule has 0 aromatic rings. The van der Waals surface area contributed by atoms with Crippen molar-refractivity contribution in [3.8, 4) is 0 Å². The molecule has 5 rings (SSSR count). The molecule has 1 amide bonds. The second kappa shape index (κ2) is 18.7. The predicted octanol–water partition coefficient (Wildman–Crippen LogP) is 1.16. The van der Waals surface area contributed by atoms with E-state index >= 15 is 0 Å². The molecular formula is C35H65B2N6O8+. The van der Waals surface area contributed by atoms with Gasteiger partial charge in [-0.05, 0) is 85.0 Å². The zero-order valence-corrected chi connectivity index (χ0v) is 30.6. The lowest BCUT2D eigenvalue weighted by molar-refractivity contribution is -0.609. The van der Waals surface area contributed by atoms with Gasteiger partial charge in [0, 0.05) is 32.4 Å². The van der Waals surface area contributed by atoms with Crippen LogP contribution in [0.2, 0.25) is 13.6 Å². The van der Waals surface area contributed by atoms with Gasteiger partial charge in [-0.3, -0.25) is 14.2 Å². The van der Waals surface area contributed by atoms with Gasteiger partial charge >= 0.3 is 26.0 Å². The summed E-state index contributed by atoms with van der Waals surface area (Å²) in [5.41, 5.74) is -1.42. The fourth-order valence-electron chi connectivity index (χ4n) is 8.59. The molecule has 2 fully saturated rings. The van der Waals surface area contributed by atoms with E-state index in [1.54, 1.807) is 18.5 Å². The molecule has 2 spiro atoms. The average molecular weight is 720 g/mol. The minimum atomic E-state index is -0.935. The summed E-state index contributed by atoms with van der Waals surface area (Å²) < 4.78 is 21.8. The maximum Gasteiger partial charge on any atom is 0.373 e. The van der Waals surface area contributed by atoms with Crippen LogP contribution in [0.1, 0.15) is 98.3 Å². The van der Waals surface area contributed by atoms with Crippen LogP contribution in [-0.4, -0.2) is 131 Å². The smallest absolute Gasteiger partial charge is 0.373 e. The zero-order chi connectivity index (χ0) is 35.9. The molecule has 8 atom stereocenters. The van der Waals surface area contributed by atoms with Gasteiger partial charge in [0.05, 0.1) is 36.8 Å². The molecule has 1 unspecified atom stereocenters. The van der Waals surface area contributed by atoms with Gasteiger partial charge in [-0.25, -0.2) is 10.6 Å². The van der Waals surface area contributed by atoms with Crippen LogP contribution in [-0.2, 0) is 23.8 Å². The quantitative estimate of drug-likeness (QED) is 0.0399. The van der Waals surface area contributed by atoms with E-state index in [-0.39, 0.29) is 63.2 Å². The zero-order valence-electron chi connectivity index (χ0n) is 30.6. The average Bonchev–Trinajstić information content (AvgIpc) is 3.36. The van der Waals surface area contributed by atoms with Crippen LogP contribution in [0.25, 0.3) is 0 Å². The van der Waals surface area contributed by atoms with Gasteiger partial charge in [0.25, 0.3) is 0 Å². The topological polar surface area (TPSA) is 177 Å². The molecule has 5 aliphatic rings. The molecule has 0 saturated carbocycles. The number of rotatable bonds is 16. The number of hydrogen-bond acceptors (Lipinski definition) is 12. The van der Waals surface area contributed by atoms with Crippen LogP contribution in [0, 0.1) is 5.92 Å². The summed E-state index contributed by atoms with van der Waals surface area (Å²) in [5.74, 6) is -0.267. The fraction of sp³-hybridized carbons (Fsp3) is 0.857. The van der Waals surface area contributed by atoms with Crippen molar-refractivity contribution >= 4 is 31.9 Å². The Kier molecular flexibility index (Phi) is 15.2. The lowest BCUT2D eigenvalue weighted by Crippen LogP contribution is -2.76. The highest BCUT2D eigenvalue weighted by molar-refractivity contribution is 6.45. The molecular weight excluding hydrogens is 654 g/mol. The third-order valence-corrected chi connectivity index (χ3v) is 10.9. The first kappa shape index (κ1) is 41.6. The normalized spacial score (nSPS) is 31.5. The number of guanidine groups is 1. The standard InChI is InChI=1S/C34H60B2N6O8.CH4/c1-5-27-11-6-7-16-33(50-27)22-25-12-13-28-30(34(17-8-10-24(2)49-34)40-32(39-33)42(25)28)31(45)48-21-15-29(44)41(20-9-18-37-35(3)46)23-26(43)14-19-38-36(4)47;/h6,11,24-28,30,37-38,43,46-47H,5,7-10,12-23H2,1-4H3,(H,39,40);1H4/p+1/t24-,25+,26+,27+,28?,30-,33+,34-;/m1./s1. The molecule has 288 valence electrons. The van der Waals surface area contributed by atoms with Gasteiger partial charge in [0.2, 0.25) is 11.6 Å². The molecule has 2 saturated heterocycles. The molecule has 16 heteroatoms. The second-order valence-electron chi connectivity index (χ2n) is 15.0. The SMILES string of the molecule is C.CC[C@H]1C=CCC[C@@]2(C[C@@H]3CCC4[C@H](C(=O)OCCC(=O)N(CCCNB(C)O)C[C@@H](O)CCNB(C)O)[C@]5(CCC[C@@H](C)O5)NC(=[N+]43)N2)O1. The van der Waals surface area contributed by atoms with E-state index in [9.17, 15) is 24.7 Å². The summed E-state index contributed by atoms with van der Waals surface area (Å²) in [6.45, 7) is 8.77. The molecule has 7 N–H and O–H groups in total. The summed E-state index contributed by atoms with van der Waals surface area (Å²) in [7, 11) is -1.35. The van der Waals surface area contributed by atoms with E-state index in [4.69, 9.17) is 14.2 Å². The molecule has 5 aliphatic heterocycles. The maximum absolute atomic E-state index is 14.2. The number of esters is 1. The summed E-state index contributed by atoms with van der Waals surface area (Å²) in [6, 6.07) is 0.109. The van der Waals surface area contributed by atoms with Crippen LogP contribution in [0.15, 0.2) is 12.2 Å². The van der Waals surface area contributed by atoms with Crippen molar-refractivity contribution in [3.05, 3.63) is 12.2 Å². The van der Waals surface area contributed by atoms with Crippen molar-refractivity contribution in [2.24, 2.45) is 5.92 Å². The molecule has 51 heavy (non-hydrogen) atoms. The van der Waals surface area contributed by atoms with E-state index in [1.165, 1.54) is 0 Å². The third kappa shape index (κ3) is 10.5. The number of ether oxygens (including phenoxy) is 3. The molecule has 0 radical (unpaired) electrons. The van der Waals surface area contributed by atoms with Gasteiger partial charge in [0.1, 0.15) is 6.61 Å². The number of carbonyl (C=O) groups excluding carboxylic acids is 2. The number of carbonyl (C=O) groups is 2. The number of aliphatic hydroxyl groups excluding tert-OH is 1. The monoisotopic (exact) mass is 720 g/mol. The first-order valence-electron chi connectivity index (χ1n) is 19.1. The summed E-state index contributed by atoms with van der Waals surface area (Å²) in [5, 5.41) is 43.0. The molecule has 0 aromatic heterocycles. The lowest BCUT2D eigenvalue weighted by atomic mass is 9.80. The van der Waals surface area contributed by atoms with Crippen LogP contribution < -0.4 is 21.1 Å². The van der Waals surface area contributed by atoms with Crippen LogP contribution >= 0.6 is 0 Å². The number of nitrogens with one attached hydrogen (secondary N) is 4.